The van der Waals surface area contributed by atoms with Gasteiger partial charge in [-0.25, -0.2) is 14.8 Å². The first-order valence-electron chi connectivity index (χ1n) is 8.74. The van der Waals surface area contributed by atoms with Crippen molar-refractivity contribution in [2.75, 3.05) is 6.61 Å². The highest BCUT2D eigenvalue weighted by molar-refractivity contribution is 7.17. The highest BCUT2D eigenvalue weighted by atomic mass is 32.1. The van der Waals surface area contributed by atoms with Crippen LogP contribution in [0, 0.1) is 19.8 Å². The van der Waals surface area contributed by atoms with Gasteiger partial charge in [-0.05, 0) is 38.0 Å². The average molecular weight is 385 g/mol. The summed E-state index contributed by atoms with van der Waals surface area (Å²) in [6, 6.07) is 5.84. The van der Waals surface area contributed by atoms with Crippen LogP contribution in [0.2, 0.25) is 0 Å². The number of aromatic carboxylic acids is 1. The van der Waals surface area contributed by atoms with Gasteiger partial charge in [0.2, 0.25) is 0 Å². The topological polar surface area (TPSA) is 77.2 Å². The Hall–Kier alpha value is -2.67. The number of hydrogen-bond donors (Lipinski definition) is 1. The van der Waals surface area contributed by atoms with Gasteiger partial charge in [0, 0.05) is 18.2 Å². The zero-order valence-electron chi connectivity index (χ0n) is 16.1. The molecule has 7 heteroatoms. The fourth-order valence-corrected chi connectivity index (χ4v) is 3.62. The third-order valence-electron chi connectivity index (χ3n) is 4.29. The maximum absolute atomic E-state index is 11.3. The molecule has 3 rings (SSSR count). The number of carboxylic acid groups (broad SMARTS) is 1. The quantitative estimate of drug-likeness (QED) is 0.673. The first-order chi connectivity index (χ1) is 12.8. The molecule has 3 aromatic rings. The van der Waals surface area contributed by atoms with Crippen molar-refractivity contribution >= 4 is 17.3 Å². The minimum absolute atomic E-state index is 0.267. The molecule has 0 fully saturated rings. The Labute approximate surface area is 162 Å². The summed E-state index contributed by atoms with van der Waals surface area (Å²) in [5.41, 5.74) is 3.25. The van der Waals surface area contributed by atoms with Crippen molar-refractivity contribution in [3.8, 4) is 27.6 Å². The summed E-state index contributed by atoms with van der Waals surface area (Å²) in [6.07, 6.45) is 1.83. The molecule has 0 amide bonds. The molecule has 1 aromatic carbocycles. The molecule has 0 aliphatic heterocycles. The second-order valence-corrected chi connectivity index (χ2v) is 7.90. The van der Waals surface area contributed by atoms with E-state index < -0.39 is 5.97 Å². The van der Waals surface area contributed by atoms with E-state index in [-0.39, 0.29) is 4.88 Å². The summed E-state index contributed by atoms with van der Waals surface area (Å²) in [4.78, 5) is 20.4. The highest BCUT2D eigenvalue weighted by Crippen LogP contribution is 2.36. The van der Waals surface area contributed by atoms with Gasteiger partial charge >= 0.3 is 5.97 Å². The Bertz CT molecular complexity index is 989. The SMILES string of the molecule is Cc1nc(-c2ccc(OCC(C)C)c(-c3cnc(C)n3C)c2)sc1C(=O)O. The zero-order valence-corrected chi connectivity index (χ0v) is 16.9. The summed E-state index contributed by atoms with van der Waals surface area (Å²) < 4.78 is 8.03. The van der Waals surface area contributed by atoms with Crippen molar-refractivity contribution < 1.29 is 14.6 Å². The Balaban J connectivity index is 2.10. The predicted octanol–water partition coefficient (Wildman–Crippen LogP) is 4.56. The lowest BCUT2D eigenvalue weighted by Gasteiger charge is -2.15. The van der Waals surface area contributed by atoms with E-state index in [1.165, 1.54) is 11.3 Å². The smallest absolute Gasteiger partial charge is 0.347 e. The molecule has 142 valence electrons. The molecule has 0 aliphatic carbocycles. The Kier molecular flexibility index (Phi) is 5.32. The molecule has 6 nitrogen and oxygen atoms in total. The Morgan fingerprint density at radius 1 is 1.33 bits per heavy atom. The normalized spacial score (nSPS) is 11.2. The number of carboxylic acids is 1. The van der Waals surface area contributed by atoms with E-state index in [4.69, 9.17) is 4.74 Å². The summed E-state index contributed by atoms with van der Waals surface area (Å²) in [6.45, 7) is 8.49. The molecule has 0 radical (unpaired) electrons. The average Bonchev–Trinajstić information content (AvgIpc) is 3.16. The van der Waals surface area contributed by atoms with Gasteiger partial charge in [-0.15, -0.1) is 11.3 Å². The van der Waals surface area contributed by atoms with E-state index in [9.17, 15) is 9.90 Å². The van der Waals surface area contributed by atoms with Crippen LogP contribution in [0.1, 0.15) is 35.0 Å². The number of nitrogens with zero attached hydrogens (tertiary/aromatic N) is 3. The van der Waals surface area contributed by atoms with Crippen LogP contribution in [0.5, 0.6) is 5.75 Å². The maximum Gasteiger partial charge on any atom is 0.347 e. The van der Waals surface area contributed by atoms with Crippen molar-refractivity contribution in [1.82, 2.24) is 14.5 Å². The largest absolute Gasteiger partial charge is 0.493 e. The van der Waals surface area contributed by atoms with Crippen LogP contribution in [-0.2, 0) is 7.05 Å². The van der Waals surface area contributed by atoms with Crippen LogP contribution in [0.3, 0.4) is 0 Å². The van der Waals surface area contributed by atoms with Crippen molar-refractivity contribution in [3.05, 3.63) is 40.8 Å². The van der Waals surface area contributed by atoms with Crippen LogP contribution < -0.4 is 4.74 Å². The van der Waals surface area contributed by atoms with Gasteiger partial charge in [-0.2, -0.15) is 0 Å². The second kappa shape index (κ2) is 7.52. The summed E-state index contributed by atoms with van der Waals surface area (Å²) >= 11 is 1.18. The fraction of sp³-hybridized carbons (Fsp3) is 0.350. The van der Waals surface area contributed by atoms with Crippen LogP contribution in [0.4, 0.5) is 0 Å². The number of rotatable bonds is 6. The summed E-state index contributed by atoms with van der Waals surface area (Å²) in [7, 11) is 1.96. The van der Waals surface area contributed by atoms with Gasteiger partial charge in [0.1, 0.15) is 21.5 Å². The molecular weight excluding hydrogens is 362 g/mol. The lowest BCUT2D eigenvalue weighted by Crippen LogP contribution is -2.06. The van der Waals surface area contributed by atoms with E-state index in [0.717, 1.165) is 28.4 Å². The minimum atomic E-state index is -0.949. The van der Waals surface area contributed by atoms with Crippen molar-refractivity contribution in [2.45, 2.75) is 27.7 Å². The van der Waals surface area contributed by atoms with Crippen molar-refractivity contribution in [1.29, 1.82) is 0 Å². The first kappa shape index (κ1) is 19.1. The molecule has 2 heterocycles. The fourth-order valence-electron chi connectivity index (χ4n) is 2.72. The second-order valence-electron chi connectivity index (χ2n) is 6.90. The van der Waals surface area contributed by atoms with Gasteiger partial charge in [0.15, 0.2) is 0 Å². The predicted molar refractivity (Wildman–Crippen MR) is 107 cm³/mol. The summed E-state index contributed by atoms with van der Waals surface area (Å²) in [5.74, 6) is 1.15. The molecule has 27 heavy (non-hydrogen) atoms. The number of ether oxygens (including phenoxy) is 1. The molecule has 0 spiro atoms. The number of thiazole rings is 1. The van der Waals surface area contributed by atoms with Gasteiger partial charge in [-0.1, -0.05) is 13.8 Å². The third-order valence-corrected chi connectivity index (χ3v) is 5.48. The number of benzene rings is 1. The number of imidazole rings is 1. The van der Waals surface area contributed by atoms with Gasteiger partial charge in [0.05, 0.1) is 24.2 Å². The molecule has 0 saturated carbocycles. The van der Waals surface area contributed by atoms with E-state index in [2.05, 4.69) is 23.8 Å². The molecular formula is C20H23N3O3S. The Morgan fingerprint density at radius 2 is 2.07 bits per heavy atom. The van der Waals surface area contributed by atoms with Gasteiger partial charge in [0.25, 0.3) is 0 Å². The standard InChI is InChI=1S/C20H23N3O3S/c1-11(2)10-26-17-7-6-14(19-22-12(3)18(27-19)20(24)25)8-15(17)16-9-21-13(4)23(16)5/h6-9,11H,10H2,1-5H3,(H,24,25). The number of aromatic nitrogens is 3. The molecule has 0 aliphatic rings. The monoisotopic (exact) mass is 385 g/mol. The van der Waals surface area contributed by atoms with E-state index >= 15 is 0 Å². The van der Waals surface area contributed by atoms with E-state index in [1.807, 2.05) is 42.9 Å². The van der Waals surface area contributed by atoms with Crippen LogP contribution in [-0.4, -0.2) is 32.2 Å². The first-order valence-corrected chi connectivity index (χ1v) is 9.56. The molecule has 1 N–H and O–H groups in total. The minimum Gasteiger partial charge on any atom is -0.493 e. The molecule has 0 saturated heterocycles. The van der Waals surface area contributed by atoms with E-state index in [1.54, 1.807) is 6.92 Å². The van der Waals surface area contributed by atoms with Crippen LogP contribution >= 0.6 is 11.3 Å². The zero-order chi connectivity index (χ0) is 19.7. The van der Waals surface area contributed by atoms with Crippen LogP contribution in [0.25, 0.3) is 21.8 Å². The number of aryl methyl sites for hydroxylation is 2. The lowest BCUT2D eigenvalue weighted by molar-refractivity contribution is 0.0701. The van der Waals surface area contributed by atoms with Crippen molar-refractivity contribution in [2.24, 2.45) is 13.0 Å². The Morgan fingerprint density at radius 3 is 2.63 bits per heavy atom. The molecule has 0 unspecified atom stereocenters. The summed E-state index contributed by atoms with van der Waals surface area (Å²) in [5, 5.41) is 9.98. The molecule has 0 atom stereocenters. The van der Waals surface area contributed by atoms with Crippen LogP contribution in [0.15, 0.2) is 24.4 Å². The lowest BCUT2D eigenvalue weighted by atomic mass is 10.1. The number of carbonyl (C=O) groups is 1. The van der Waals surface area contributed by atoms with Crippen molar-refractivity contribution in [3.63, 3.8) is 0 Å². The highest BCUT2D eigenvalue weighted by Gasteiger charge is 2.18. The molecule has 0 bridgehead atoms. The van der Waals surface area contributed by atoms with Gasteiger partial charge < -0.3 is 14.4 Å². The van der Waals surface area contributed by atoms with E-state index in [0.29, 0.717) is 23.2 Å². The number of hydrogen-bond acceptors (Lipinski definition) is 5. The third kappa shape index (κ3) is 3.88. The molecule has 2 aromatic heterocycles. The maximum atomic E-state index is 11.3. The van der Waals surface area contributed by atoms with Gasteiger partial charge in [-0.3, -0.25) is 0 Å².